The van der Waals surface area contributed by atoms with E-state index in [0.717, 1.165) is 22.7 Å². The zero-order chi connectivity index (χ0) is 10.8. The van der Waals surface area contributed by atoms with Crippen LogP contribution in [-0.4, -0.2) is 37.1 Å². The first-order valence-corrected chi connectivity index (χ1v) is 6.13. The Morgan fingerprint density at radius 2 is 2.53 bits per heavy atom. The quantitative estimate of drug-likeness (QED) is 0.804. The highest BCUT2D eigenvalue weighted by Gasteiger charge is 2.27. The lowest BCUT2D eigenvalue weighted by molar-refractivity contribution is 0.0728. The first-order valence-electron chi connectivity index (χ1n) is 4.80. The van der Waals surface area contributed by atoms with Gasteiger partial charge in [-0.2, -0.15) is 0 Å². The average Bonchev–Trinajstić information content (AvgIpc) is 2.84. The van der Waals surface area contributed by atoms with Gasteiger partial charge in [-0.15, -0.1) is 24.0 Å². The molecule has 0 saturated carbocycles. The van der Waals surface area contributed by atoms with E-state index < -0.39 is 0 Å². The zero-order valence-corrected chi connectivity index (χ0v) is 10.2. The predicted molar refractivity (Wildman–Crippen MR) is 62.9 cm³/mol. The number of thiophene rings is 1. The Kier molecular flexibility index (Phi) is 3.33. The number of likely N-dealkylation sites (tertiary alicyclic amines) is 1. The summed E-state index contributed by atoms with van der Waals surface area (Å²) >= 11 is 5.64. The summed E-state index contributed by atoms with van der Waals surface area (Å²) in [4.78, 5) is 15.4. The van der Waals surface area contributed by atoms with E-state index in [0.29, 0.717) is 6.54 Å². The Balaban J connectivity index is 2.03. The number of hydrogen-bond donors (Lipinski definition) is 1. The predicted octanol–water partition coefficient (Wildman–Crippen LogP) is 1.90. The number of carbonyl (C=O) groups is 1. The second-order valence-electron chi connectivity index (χ2n) is 3.57. The maximum Gasteiger partial charge on any atom is 0.264 e. The van der Waals surface area contributed by atoms with Crippen molar-refractivity contribution >= 4 is 29.9 Å². The van der Waals surface area contributed by atoms with Crippen molar-refractivity contribution in [2.75, 3.05) is 20.2 Å². The molecule has 0 aliphatic carbocycles. The fourth-order valence-electron chi connectivity index (χ4n) is 1.70. The highest BCUT2D eigenvalue weighted by atomic mass is 32.1. The summed E-state index contributed by atoms with van der Waals surface area (Å²) in [5.74, 6) is 0.0971. The lowest BCUT2D eigenvalue weighted by Crippen LogP contribution is -2.29. The molecule has 0 aromatic carbocycles. The first kappa shape index (κ1) is 11.0. The summed E-state index contributed by atoms with van der Waals surface area (Å²) in [6, 6.07) is 1.82. The highest BCUT2D eigenvalue weighted by Crippen LogP contribution is 2.22. The standard InChI is InChI=1S/C10H13NO2S2/c1-13-7-2-3-11(5-7)10(12)9-4-8(14)6-15-9/h4,6-7,14H,2-3,5H2,1H3. The van der Waals surface area contributed by atoms with Gasteiger partial charge in [-0.25, -0.2) is 0 Å². The Hall–Kier alpha value is -0.520. The van der Waals surface area contributed by atoms with E-state index in [1.165, 1.54) is 11.3 Å². The molecule has 1 aliphatic rings. The number of ether oxygens (including phenoxy) is 1. The molecule has 1 unspecified atom stereocenters. The van der Waals surface area contributed by atoms with Crippen molar-refractivity contribution in [2.24, 2.45) is 0 Å². The van der Waals surface area contributed by atoms with Crippen LogP contribution < -0.4 is 0 Å². The van der Waals surface area contributed by atoms with Crippen molar-refractivity contribution in [3.05, 3.63) is 16.3 Å². The number of amides is 1. The fraction of sp³-hybridized carbons (Fsp3) is 0.500. The van der Waals surface area contributed by atoms with Crippen LogP contribution in [0.3, 0.4) is 0 Å². The normalized spacial score (nSPS) is 20.9. The largest absolute Gasteiger partial charge is 0.380 e. The number of rotatable bonds is 2. The van der Waals surface area contributed by atoms with Gasteiger partial charge in [0.15, 0.2) is 0 Å². The van der Waals surface area contributed by atoms with Gasteiger partial charge in [-0.05, 0) is 12.5 Å². The van der Waals surface area contributed by atoms with E-state index in [1.807, 2.05) is 16.3 Å². The Morgan fingerprint density at radius 1 is 1.73 bits per heavy atom. The van der Waals surface area contributed by atoms with Crippen LogP contribution in [0.2, 0.25) is 0 Å². The average molecular weight is 243 g/mol. The number of carbonyl (C=O) groups excluding carboxylic acids is 1. The van der Waals surface area contributed by atoms with Crippen LogP contribution in [0.1, 0.15) is 16.1 Å². The Bertz CT molecular complexity index is 364. The van der Waals surface area contributed by atoms with E-state index in [-0.39, 0.29) is 12.0 Å². The van der Waals surface area contributed by atoms with Gasteiger partial charge in [-0.1, -0.05) is 0 Å². The molecule has 1 fully saturated rings. The molecule has 0 N–H and O–H groups in total. The molecule has 0 spiro atoms. The molecule has 5 heteroatoms. The first-order chi connectivity index (χ1) is 7.20. The number of methoxy groups -OCH3 is 1. The minimum absolute atomic E-state index is 0.0971. The third-order valence-electron chi connectivity index (χ3n) is 2.56. The number of thiol groups is 1. The van der Waals surface area contributed by atoms with Gasteiger partial charge in [0.2, 0.25) is 0 Å². The molecule has 15 heavy (non-hydrogen) atoms. The molecule has 0 radical (unpaired) electrons. The third kappa shape index (κ3) is 2.35. The maximum atomic E-state index is 12.0. The molecule has 1 aliphatic heterocycles. The summed E-state index contributed by atoms with van der Waals surface area (Å²) in [6.07, 6.45) is 1.13. The molecule has 1 atom stereocenters. The van der Waals surface area contributed by atoms with Crippen molar-refractivity contribution in [1.82, 2.24) is 4.90 Å². The fourth-order valence-corrected chi connectivity index (χ4v) is 2.81. The SMILES string of the molecule is COC1CCN(C(=O)c2cc(S)cs2)C1. The molecular weight excluding hydrogens is 230 g/mol. The second-order valence-corrected chi connectivity index (χ2v) is 4.99. The second kappa shape index (κ2) is 4.55. The molecule has 1 saturated heterocycles. The minimum atomic E-state index is 0.0971. The van der Waals surface area contributed by atoms with Crippen molar-refractivity contribution in [1.29, 1.82) is 0 Å². The molecule has 1 amide bonds. The molecule has 1 aromatic heterocycles. The topological polar surface area (TPSA) is 29.5 Å². The van der Waals surface area contributed by atoms with Gasteiger partial charge in [-0.3, -0.25) is 4.79 Å². The van der Waals surface area contributed by atoms with Crippen LogP contribution >= 0.6 is 24.0 Å². The smallest absolute Gasteiger partial charge is 0.264 e. The molecule has 2 rings (SSSR count). The minimum Gasteiger partial charge on any atom is -0.380 e. The van der Waals surface area contributed by atoms with Crippen molar-refractivity contribution in [3.8, 4) is 0 Å². The summed E-state index contributed by atoms with van der Waals surface area (Å²) in [5.41, 5.74) is 0. The van der Waals surface area contributed by atoms with E-state index in [1.54, 1.807) is 7.11 Å². The van der Waals surface area contributed by atoms with Crippen LogP contribution in [-0.2, 0) is 4.74 Å². The lowest BCUT2D eigenvalue weighted by Gasteiger charge is -2.14. The van der Waals surface area contributed by atoms with Gasteiger partial charge in [0.1, 0.15) is 0 Å². The number of nitrogens with zero attached hydrogens (tertiary/aromatic N) is 1. The summed E-state index contributed by atoms with van der Waals surface area (Å²) in [5, 5.41) is 1.88. The van der Waals surface area contributed by atoms with Gasteiger partial charge in [0, 0.05) is 30.5 Å². The maximum absolute atomic E-state index is 12.0. The van der Waals surface area contributed by atoms with E-state index in [2.05, 4.69) is 12.6 Å². The van der Waals surface area contributed by atoms with Gasteiger partial charge < -0.3 is 9.64 Å². The Labute approximate surface area is 98.4 Å². The van der Waals surface area contributed by atoms with Crippen molar-refractivity contribution in [3.63, 3.8) is 0 Å². The zero-order valence-electron chi connectivity index (χ0n) is 8.47. The van der Waals surface area contributed by atoms with Crippen molar-refractivity contribution < 1.29 is 9.53 Å². The molecule has 3 nitrogen and oxygen atoms in total. The summed E-state index contributed by atoms with van der Waals surface area (Å²) in [7, 11) is 1.69. The Morgan fingerprint density at radius 3 is 3.07 bits per heavy atom. The van der Waals surface area contributed by atoms with Gasteiger partial charge in [0.25, 0.3) is 5.91 Å². The van der Waals surface area contributed by atoms with Crippen LogP contribution in [0.5, 0.6) is 0 Å². The molecule has 2 heterocycles. The van der Waals surface area contributed by atoms with Crippen LogP contribution in [0.15, 0.2) is 16.3 Å². The van der Waals surface area contributed by atoms with Crippen molar-refractivity contribution in [2.45, 2.75) is 17.4 Å². The third-order valence-corrected chi connectivity index (χ3v) is 3.91. The van der Waals surface area contributed by atoms with Gasteiger partial charge in [0.05, 0.1) is 11.0 Å². The molecule has 82 valence electrons. The lowest BCUT2D eigenvalue weighted by atomic mass is 10.3. The van der Waals surface area contributed by atoms with E-state index >= 15 is 0 Å². The van der Waals surface area contributed by atoms with Gasteiger partial charge >= 0.3 is 0 Å². The highest BCUT2D eigenvalue weighted by molar-refractivity contribution is 7.80. The van der Waals surface area contributed by atoms with E-state index in [4.69, 9.17) is 4.74 Å². The molecule has 0 bridgehead atoms. The molecule has 1 aromatic rings. The molecular formula is C10H13NO2S2. The summed E-state index contributed by atoms with van der Waals surface area (Å²) in [6.45, 7) is 1.49. The summed E-state index contributed by atoms with van der Waals surface area (Å²) < 4.78 is 5.23. The van der Waals surface area contributed by atoms with Crippen LogP contribution in [0.25, 0.3) is 0 Å². The monoisotopic (exact) mass is 243 g/mol. The van der Waals surface area contributed by atoms with Crippen LogP contribution in [0, 0.1) is 0 Å². The number of hydrogen-bond acceptors (Lipinski definition) is 4. The van der Waals surface area contributed by atoms with E-state index in [9.17, 15) is 4.79 Å². The van der Waals surface area contributed by atoms with Crippen LogP contribution in [0.4, 0.5) is 0 Å².